The van der Waals surface area contributed by atoms with E-state index in [4.69, 9.17) is 10.5 Å². The molecule has 154 valence electrons. The third-order valence-corrected chi connectivity index (χ3v) is 5.95. The Labute approximate surface area is 171 Å². The maximum Gasteiger partial charge on any atom is 0.276 e. The standard InChI is InChI=1S/C23H28N2O4/c1-23(2,3)25(22(27)28)19(13-14-20(25)21(24)26)17-9-11-18(12-10-17)29-15-16-7-5-4-6-8-16/h4-12,19-20H,13-15H2,1-3H3,(H2-,24,26,27,28)/t19-,20+,25?/m1/s1. The predicted octanol–water partition coefficient (Wildman–Crippen LogP) is 2.91. The molecular weight excluding hydrogens is 368 g/mol. The molecule has 2 N–H and O–H groups in total. The Morgan fingerprint density at radius 1 is 1.07 bits per heavy atom. The number of carboxylic acid groups (broad SMARTS) is 1. The largest absolute Gasteiger partial charge is 0.498 e. The molecule has 1 unspecified atom stereocenters. The highest BCUT2D eigenvalue weighted by Gasteiger charge is 2.60. The number of likely N-dealkylation sites (tertiary alicyclic amines) is 1. The SMILES string of the molecule is CC(C)(C)[N+]1(C(=O)[O-])[C@@H](c2ccc(OCc3ccccc3)cc2)CC[C@H]1C(N)=O. The molecule has 2 aromatic carbocycles. The highest BCUT2D eigenvalue weighted by molar-refractivity contribution is 5.81. The molecular formula is C23H28N2O4. The molecule has 0 spiro atoms. The van der Waals surface area contributed by atoms with Crippen LogP contribution in [0.1, 0.15) is 50.8 Å². The maximum atomic E-state index is 12.4. The van der Waals surface area contributed by atoms with Crippen LogP contribution in [0.5, 0.6) is 5.75 Å². The number of quaternary nitrogens is 1. The molecule has 6 nitrogen and oxygen atoms in total. The average molecular weight is 396 g/mol. The smallest absolute Gasteiger partial charge is 0.276 e. The molecule has 0 aromatic heterocycles. The van der Waals surface area contributed by atoms with E-state index in [2.05, 4.69) is 0 Å². The molecule has 2 amide bonds. The zero-order valence-corrected chi connectivity index (χ0v) is 17.1. The average Bonchev–Trinajstić information content (AvgIpc) is 3.10. The van der Waals surface area contributed by atoms with E-state index in [-0.39, 0.29) is 0 Å². The van der Waals surface area contributed by atoms with Crippen LogP contribution in [0.4, 0.5) is 4.79 Å². The number of amides is 2. The molecule has 0 bridgehead atoms. The Kier molecular flexibility index (Phi) is 5.66. The lowest BCUT2D eigenvalue weighted by Gasteiger charge is -2.52. The van der Waals surface area contributed by atoms with Crippen molar-refractivity contribution in [3.63, 3.8) is 0 Å². The number of ether oxygens (including phenoxy) is 1. The first-order valence-corrected chi connectivity index (χ1v) is 9.84. The number of carbonyl (C=O) groups is 2. The van der Waals surface area contributed by atoms with E-state index >= 15 is 0 Å². The van der Waals surface area contributed by atoms with E-state index in [9.17, 15) is 14.7 Å². The van der Waals surface area contributed by atoms with E-state index in [1.807, 2.05) is 75.4 Å². The van der Waals surface area contributed by atoms with Crippen LogP contribution in [0.3, 0.4) is 0 Å². The molecule has 1 aliphatic heterocycles. The topological polar surface area (TPSA) is 92.4 Å². The zero-order valence-electron chi connectivity index (χ0n) is 17.1. The minimum Gasteiger partial charge on any atom is -0.498 e. The first kappa shape index (κ1) is 20.9. The molecule has 0 radical (unpaired) electrons. The first-order chi connectivity index (χ1) is 13.7. The highest BCUT2D eigenvalue weighted by Crippen LogP contribution is 2.49. The van der Waals surface area contributed by atoms with Crippen LogP contribution in [0.2, 0.25) is 0 Å². The third kappa shape index (κ3) is 3.72. The van der Waals surface area contributed by atoms with E-state index in [0.29, 0.717) is 25.2 Å². The Morgan fingerprint density at radius 2 is 1.69 bits per heavy atom. The van der Waals surface area contributed by atoms with Gasteiger partial charge in [0.05, 0.1) is 5.54 Å². The van der Waals surface area contributed by atoms with Gasteiger partial charge in [0.15, 0.2) is 6.04 Å². The molecule has 3 atom stereocenters. The van der Waals surface area contributed by atoms with Crippen molar-refractivity contribution in [3.8, 4) is 5.75 Å². The van der Waals surface area contributed by atoms with Crippen LogP contribution in [0.15, 0.2) is 54.6 Å². The summed E-state index contributed by atoms with van der Waals surface area (Å²) in [5.41, 5.74) is 6.74. The second-order valence-corrected chi connectivity index (χ2v) is 8.57. The summed E-state index contributed by atoms with van der Waals surface area (Å²) in [5.74, 6) is 0.0961. The Morgan fingerprint density at radius 3 is 2.21 bits per heavy atom. The van der Waals surface area contributed by atoms with Gasteiger partial charge in [0.2, 0.25) is 0 Å². The summed E-state index contributed by atoms with van der Waals surface area (Å²) in [5, 5.41) is 12.4. The minimum absolute atomic E-state index is 0.414. The predicted molar refractivity (Wildman–Crippen MR) is 108 cm³/mol. The molecule has 1 fully saturated rings. The maximum absolute atomic E-state index is 12.4. The molecule has 2 aromatic rings. The van der Waals surface area contributed by atoms with E-state index < -0.39 is 34.1 Å². The van der Waals surface area contributed by atoms with Crippen molar-refractivity contribution in [2.45, 2.75) is 57.8 Å². The summed E-state index contributed by atoms with van der Waals surface area (Å²) in [6.07, 6.45) is -0.311. The Balaban J connectivity index is 1.88. The van der Waals surface area contributed by atoms with Gasteiger partial charge in [-0.05, 0) is 50.6 Å². The lowest BCUT2D eigenvalue weighted by atomic mass is 9.94. The molecule has 0 saturated carbocycles. The fourth-order valence-corrected chi connectivity index (χ4v) is 4.68. The molecule has 1 saturated heterocycles. The fourth-order valence-electron chi connectivity index (χ4n) is 4.68. The Bertz CT molecular complexity index is 874. The second-order valence-electron chi connectivity index (χ2n) is 8.57. The van der Waals surface area contributed by atoms with Crippen molar-refractivity contribution in [1.82, 2.24) is 0 Å². The molecule has 6 heteroatoms. The molecule has 1 heterocycles. The van der Waals surface area contributed by atoms with Gasteiger partial charge in [-0.2, -0.15) is 0 Å². The van der Waals surface area contributed by atoms with Crippen molar-refractivity contribution in [3.05, 3.63) is 65.7 Å². The summed E-state index contributed by atoms with van der Waals surface area (Å²) < 4.78 is 5.33. The van der Waals surface area contributed by atoms with Gasteiger partial charge in [-0.15, -0.1) is 0 Å². The van der Waals surface area contributed by atoms with Gasteiger partial charge < -0.3 is 20.4 Å². The quantitative estimate of drug-likeness (QED) is 0.787. The van der Waals surface area contributed by atoms with Crippen molar-refractivity contribution in [1.29, 1.82) is 0 Å². The summed E-state index contributed by atoms with van der Waals surface area (Å²) >= 11 is 0. The number of nitrogens with zero attached hydrogens (tertiary/aromatic N) is 1. The number of benzene rings is 2. The van der Waals surface area contributed by atoms with Gasteiger partial charge in [-0.3, -0.25) is 9.28 Å². The van der Waals surface area contributed by atoms with Gasteiger partial charge in [0.1, 0.15) is 18.4 Å². The van der Waals surface area contributed by atoms with Crippen molar-refractivity contribution in [2.24, 2.45) is 5.73 Å². The van der Waals surface area contributed by atoms with Gasteiger partial charge in [0.25, 0.3) is 12.0 Å². The summed E-state index contributed by atoms with van der Waals surface area (Å²) in [6.45, 7) is 5.89. The van der Waals surface area contributed by atoms with Crippen molar-refractivity contribution in [2.75, 3.05) is 0 Å². The summed E-state index contributed by atoms with van der Waals surface area (Å²) in [4.78, 5) is 24.5. The van der Waals surface area contributed by atoms with Gasteiger partial charge >= 0.3 is 0 Å². The molecule has 29 heavy (non-hydrogen) atoms. The Hall–Kier alpha value is -2.86. The lowest BCUT2D eigenvalue weighted by Crippen LogP contribution is -2.72. The third-order valence-electron chi connectivity index (χ3n) is 5.95. The van der Waals surface area contributed by atoms with Gasteiger partial charge in [-0.25, -0.2) is 0 Å². The lowest BCUT2D eigenvalue weighted by molar-refractivity contribution is -0.948. The van der Waals surface area contributed by atoms with Crippen LogP contribution in [0, 0.1) is 0 Å². The summed E-state index contributed by atoms with van der Waals surface area (Å²) in [7, 11) is 0. The van der Waals surface area contributed by atoms with E-state index in [1.165, 1.54) is 0 Å². The number of primary amides is 1. The molecule has 3 rings (SSSR count). The van der Waals surface area contributed by atoms with Crippen LogP contribution >= 0.6 is 0 Å². The normalized spacial score (nSPS) is 24.2. The number of hydrogen-bond donors (Lipinski definition) is 1. The molecule has 1 aliphatic rings. The van der Waals surface area contributed by atoms with Crippen molar-refractivity contribution < 1.29 is 23.9 Å². The summed E-state index contributed by atoms with van der Waals surface area (Å²) in [6, 6.07) is 16.0. The monoisotopic (exact) mass is 396 g/mol. The van der Waals surface area contributed by atoms with Crippen LogP contribution in [0.25, 0.3) is 0 Å². The number of nitrogens with two attached hydrogens (primary N) is 1. The first-order valence-electron chi connectivity index (χ1n) is 9.84. The van der Waals surface area contributed by atoms with Gasteiger partial charge in [-0.1, -0.05) is 30.3 Å². The second kappa shape index (κ2) is 7.87. The van der Waals surface area contributed by atoms with E-state index in [1.54, 1.807) is 0 Å². The van der Waals surface area contributed by atoms with Crippen molar-refractivity contribution >= 4 is 12.0 Å². The fraction of sp³-hybridized carbons (Fsp3) is 0.391. The van der Waals surface area contributed by atoms with Crippen LogP contribution in [-0.2, 0) is 11.4 Å². The van der Waals surface area contributed by atoms with Gasteiger partial charge in [0, 0.05) is 18.4 Å². The molecule has 0 aliphatic carbocycles. The zero-order chi connectivity index (χ0) is 21.2. The highest BCUT2D eigenvalue weighted by atomic mass is 16.5. The van der Waals surface area contributed by atoms with Crippen LogP contribution < -0.4 is 15.6 Å². The number of rotatable bonds is 5. The minimum atomic E-state index is -1.27. The van der Waals surface area contributed by atoms with E-state index in [0.717, 1.165) is 11.1 Å². The number of carbonyl (C=O) groups excluding carboxylic acids is 2. The number of hydrogen-bond acceptors (Lipinski definition) is 4. The van der Waals surface area contributed by atoms with Crippen LogP contribution in [-0.4, -0.2) is 28.1 Å².